The zero-order valence-corrected chi connectivity index (χ0v) is 7.44. The summed E-state index contributed by atoms with van der Waals surface area (Å²) in [5.74, 6) is 0. The predicted molar refractivity (Wildman–Crippen MR) is 40.5 cm³/mol. The minimum Gasteiger partial charge on any atom is -0.435 e. The van der Waals surface area contributed by atoms with E-state index in [9.17, 15) is 9.59 Å². The van der Waals surface area contributed by atoms with Crippen LogP contribution < -0.4 is 0 Å². The van der Waals surface area contributed by atoms with Crippen molar-refractivity contribution in [3.8, 4) is 0 Å². The first-order valence-electron chi connectivity index (χ1n) is 3.69. The number of hydrogen-bond acceptors (Lipinski definition) is 6. The Morgan fingerprint density at radius 3 is 1.69 bits per heavy atom. The molecule has 0 atom stereocenters. The van der Waals surface area contributed by atoms with Gasteiger partial charge in [0.1, 0.15) is 0 Å². The summed E-state index contributed by atoms with van der Waals surface area (Å²) < 4.78 is 17.1. The standard InChI is InChI=1S/C7H11O6/c1-3-10-6(8)12-5-13-7(9)11-4-2/h5H,3-4H2,1-2H3. The second-order valence-electron chi connectivity index (χ2n) is 1.70. The Hall–Kier alpha value is -1.46. The Labute approximate surface area is 75.7 Å². The van der Waals surface area contributed by atoms with E-state index in [-0.39, 0.29) is 13.2 Å². The molecule has 6 nitrogen and oxygen atoms in total. The van der Waals surface area contributed by atoms with Crippen molar-refractivity contribution >= 4 is 12.3 Å². The van der Waals surface area contributed by atoms with Gasteiger partial charge in [0.15, 0.2) is 0 Å². The molecule has 0 aliphatic carbocycles. The third kappa shape index (κ3) is 6.92. The smallest absolute Gasteiger partial charge is 0.435 e. The summed E-state index contributed by atoms with van der Waals surface area (Å²) in [5, 5.41) is 0. The second kappa shape index (κ2) is 7.20. The van der Waals surface area contributed by atoms with Gasteiger partial charge in [-0.3, -0.25) is 0 Å². The van der Waals surface area contributed by atoms with Gasteiger partial charge in [-0.25, -0.2) is 9.59 Å². The molecule has 75 valence electrons. The highest BCUT2D eigenvalue weighted by atomic mass is 16.8. The maximum atomic E-state index is 10.5. The highest BCUT2D eigenvalue weighted by Crippen LogP contribution is 1.93. The van der Waals surface area contributed by atoms with Crippen LogP contribution in [0.3, 0.4) is 0 Å². The van der Waals surface area contributed by atoms with Crippen LogP contribution in [0, 0.1) is 6.79 Å². The summed E-state index contributed by atoms with van der Waals surface area (Å²) in [4.78, 5) is 20.9. The molecule has 0 amide bonds. The SMILES string of the molecule is CCOC(=O)O[CH]OC(=O)OCC. The van der Waals surface area contributed by atoms with E-state index in [2.05, 4.69) is 18.9 Å². The topological polar surface area (TPSA) is 71.1 Å². The quantitative estimate of drug-likeness (QED) is 0.626. The minimum atomic E-state index is -0.938. The van der Waals surface area contributed by atoms with Gasteiger partial charge in [-0.05, 0) is 13.8 Å². The Balaban J connectivity index is 3.33. The van der Waals surface area contributed by atoms with E-state index in [0.717, 1.165) is 0 Å². The summed E-state index contributed by atoms with van der Waals surface area (Å²) >= 11 is 0. The van der Waals surface area contributed by atoms with Gasteiger partial charge in [-0.1, -0.05) is 0 Å². The van der Waals surface area contributed by atoms with Crippen LogP contribution in [-0.2, 0) is 18.9 Å². The molecule has 0 aromatic heterocycles. The lowest BCUT2D eigenvalue weighted by molar-refractivity contribution is 0.00801. The molecular weight excluding hydrogens is 180 g/mol. The maximum absolute atomic E-state index is 10.5. The van der Waals surface area contributed by atoms with E-state index in [1.54, 1.807) is 13.8 Å². The molecule has 0 N–H and O–H groups in total. The van der Waals surface area contributed by atoms with Gasteiger partial charge < -0.3 is 18.9 Å². The van der Waals surface area contributed by atoms with Crippen LogP contribution in [0.2, 0.25) is 0 Å². The predicted octanol–water partition coefficient (Wildman–Crippen LogP) is 1.45. The van der Waals surface area contributed by atoms with E-state index >= 15 is 0 Å². The van der Waals surface area contributed by atoms with Crippen LogP contribution >= 0.6 is 0 Å². The summed E-state index contributed by atoms with van der Waals surface area (Å²) in [6.07, 6.45) is -1.88. The molecule has 6 heteroatoms. The van der Waals surface area contributed by atoms with Crippen molar-refractivity contribution in [1.29, 1.82) is 0 Å². The molecule has 0 aliphatic rings. The van der Waals surface area contributed by atoms with E-state index in [1.807, 2.05) is 0 Å². The number of hydrogen-bond donors (Lipinski definition) is 0. The molecule has 0 aromatic carbocycles. The molecule has 0 unspecified atom stereocenters. The average Bonchev–Trinajstić information content (AvgIpc) is 2.05. The Morgan fingerprint density at radius 1 is 1.00 bits per heavy atom. The Bertz CT molecular complexity index is 148. The summed E-state index contributed by atoms with van der Waals surface area (Å²) in [7, 11) is 0. The molecule has 0 rings (SSSR count). The number of carbonyl (C=O) groups excluding carboxylic acids is 2. The van der Waals surface area contributed by atoms with Crippen molar-refractivity contribution in [2.45, 2.75) is 13.8 Å². The zero-order valence-electron chi connectivity index (χ0n) is 7.44. The van der Waals surface area contributed by atoms with Gasteiger partial charge in [0.05, 0.1) is 13.2 Å². The van der Waals surface area contributed by atoms with Gasteiger partial charge in [0.2, 0.25) is 0 Å². The lowest BCUT2D eigenvalue weighted by atomic mass is 10.9. The summed E-state index contributed by atoms with van der Waals surface area (Å²) in [5.41, 5.74) is 0. The fourth-order valence-corrected chi connectivity index (χ4v) is 0.406. The first-order valence-corrected chi connectivity index (χ1v) is 3.69. The molecule has 13 heavy (non-hydrogen) atoms. The van der Waals surface area contributed by atoms with Crippen LogP contribution in [0.5, 0.6) is 0 Å². The van der Waals surface area contributed by atoms with E-state index in [1.165, 1.54) is 0 Å². The van der Waals surface area contributed by atoms with E-state index < -0.39 is 12.3 Å². The summed E-state index contributed by atoms with van der Waals surface area (Å²) in [6, 6.07) is 0. The lowest BCUT2D eigenvalue weighted by Gasteiger charge is -2.03. The molecule has 0 fully saturated rings. The van der Waals surface area contributed by atoms with Crippen molar-refractivity contribution < 1.29 is 28.5 Å². The first-order chi connectivity index (χ1) is 6.20. The highest BCUT2D eigenvalue weighted by molar-refractivity contribution is 5.62. The monoisotopic (exact) mass is 191 g/mol. The number of ether oxygens (including phenoxy) is 4. The molecule has 0 saturated carbocycles. The molecule has 0 saturated heterocycles. The van der Waals surface area contributed by atoms with Crippen LogP contribution in [-0.4, -0.2) is 25.5 Å². The molecule has 0 bridgehead atoms. The second-order valence-corrected chi connectivity index (χ2v) is 1.70. The van der Waals surface area contributed by atoms with Crippen LogP contribution in [0.4, 0.5) is 9.59 Å². The molecular formula is C7H11O6. The van der Waals surface area contributed by atoms with E-state index in [0.29, 0.717) is 6.79 Å². The maximum Gasteiger partial charge on any atom is 0.511 e. The number of carbonyl (C=O) groups is 2. The molecule has 0 spiro atoms. The molecule has 0 heterocycles. The van der Waals surface area contributed by atoms with Gasteiger partial charge in [-0.2, -0.15) is 0 Å². The fraction of sp³-hybridized carbons (Fsp3) is 0.571. The van der Waals surface area contributed by atoms with Gasteiger partial charge in [-0.15, -0.1) is 0 Å². The van der Waals surface area contributed by atoms with E-state index in [4.69, 9.17) is 0 Å². The van der Waals surface area contributed by atoms with Gasteiger partial charge >= 0.3 is 19.1 Å². The third-order valence-electron chi connectivity index (χ3n) is 0.813. The van der Waals surface area contributed by atoms with Crippen molar-refractivity contribution in [1.82, 2.24) is 0 Å². The van der Waals surface area contributed by atoms with Gasteiger partial charge in [0, 0.05) is 0 Å². The largest absolute Gasteiger partial charge is 0.511 e. The average molecular weight is 191 g/mol. The van der Waals surface area contributed by atoms with Crippen molar-refractivity contribution in [3.63, 3.8) is 0 Å². The highest BCUT2D eigenvalue weighted by Gasteiger charge is 2.07. The normalized spacial score (nSPS) is 8.77. The lowest BCUT2D eigenvalue weighted by Crippen LogP contribution is -2.10. The van der Waals surface area contributed by atoms with Crippen LogP contribution in [0.1, 0.15) is 13.8 Å². The number of rotatable bonds is 4. The van der Waals surface area contributed by atoms with Gasteiger partial charge in [0.25, 0.3) is 0 Å². The van der Waals surface area contributed by atoms with Crippen LogP contribution in [0.15, 0.2) is 0 Å². The van der Waals surface area contributed by atoms with Crippen molar-refractivity contribution in [3.05, 3.63) is 6.79 Å². The van der Waals surface area contributed by atoms with Crippen LogP contribution in [0.25, 0.3) is 0 Å². The molecule has 0 aromatic rings. The Kier molecular flexibility index (Phi) is 6.39. The molecule has 0 aliphatic heterocycles. The fourth-order valence-electron chi connectivity index (χ4n) is 0.406. The van der Waals surface area contributed by atoms with Crippen molar-refractivity contribution in [2.24, 2.45) is 0 Å². The van der Waals surface area contributed by atoms with Crippen molar-refractivity contribution in [2.75, 3.05) is 13.2 Å². The Morgan fingerprint density at radius 2 is 1.38 bits per heavy atom. The minimum absolute atomic E-state index is 0.187. The summed E-state index contributed by atoms with van der Waals surface area (Å²) in [6.45, 7) is 4.16. The first kappa shape index (κ1) is 11.5. The third-order valence-corrected chi connectivity index (χ3v) is 0.813. The zero-order chi connectivity index (χ0) is 10.1. The molecule has 1 radical (unpaired) electrons.